The Balaban J connectivity index is 2.01. The molecule has 1 fully saturated rings. The van der Waals surface area contributed by atoms with Crippen LogP contribution in [0.25, 0.3) is 0 Å². The maximum Gasteiger partial charge on any atom is 0.175 e. The fourth-order valence-electron chi connectivity index (χ4n) is 1.99. The molecule has 1 aromatic carbocycles. The number of hydrogen-bond acceptors (Lipinski definition) is 5. The van der Waals surface area contributed by atoms with Crippen molar-refractivity contribution < 1.29 is 19.3 Å². The zero-order chi connectivity index (χ0) is 15.2. The number of ether oxygens (including phenoxy) is 3. The second kappa shape index (κ2) is 7.98. The summed E-state index contributed by atoms with van der Waals surface area (Å²) in [6, 6.07) is 4.63. The van der Waals surface area contributed by atoms with Crippen molar-refractivity contribution in [3.05, 3.63) is 22.2 Å². The first-order valence-corrected chi connectivity index (χ1v) is 7.83. The molecule has 118 valence electrons. The lowest BCUT2D eigenvalue weighted by Gasteiger charge is -2.16. The predicted molar refractivity (Wildman–Crippen MR) is 83.9 cm³/mol. The molecule has 0 heterocycles. The van der Waals surface area contributed by atoms with Crippen molar-refractivity contribution in [3.8, 4) is 11.5 Å². The monoisotopic (exact) mass is 359 g/mol. The Morgan fingerprint density at radius 1 is 1.33 bits per heavy atom. The second-order valence-corrected chi connectivity index (χ2v) is 6.04. The SMILES string of the molecule is COCC(O)COc1c(Br)cc(CNC2CC2)cc1OC. The first-order valence-electron chi connectivity index (χ1n) is 7.03. The molecule has 1 aromatic rings. The highest BCUT2D eigenvalue weighted by molar-refractivity contribution is 9.10. The second-order valence-electron chi connectivity index (χ2n) is 5.18. The van der Waals surface area contributed by atoms with Gasteiger partial charge in [0.1, 0.15) is 12.7 Å². The summed E-state index contributed by atoms with van der Waals surface area (Å²) >= 11 is 3.50. The molecule has 0 radical (unpaired) electrons. The molecule has 2 rings (SSSR count). The molecule has 6 heteroatoms. The highest BCUT2D eigenvalue weighted by Crippen LogP contribution is 2.37. The molecule has 1 aliphatic carbocycles. The van der Waals surface area contributed by atoms with E-state index < -0.39 is 6.10 Å². The van der Waals surface area contributed by atoms with Gasteiger partial charge in [-0.3, -0.25) is 0 Å². The molecule has 1 atom stereocenters. The van der Waals surface area contributed by atoms with Gasteiger partial charge in [-0.05, 0) is 46.5 Å². The summed E-state index contributed by atoms with van der Waals surface area (Å²) in [5, 5.41) is 13.1. The molecule has 5 nitrogen and oxygen atoms in total. The molecule has 0 aromatic heterocycles. The molecule has 1 saturated carbocycles. The van der Waals surface area contributed by atoms with E-state index in [-0.39, 0.29) is 13.2 Å². The largest absolute Gasteiger partial charge is 0.493 e. The lowest BCUT2D eigenvalue weighted by molar-refractivity contribution is 0.0317. The van der Waals surface area contributed by atoms with Gasteiger partial charge in [0.05, 0.1) is 18.2 Å². The van der Waals surface area contributed by atoms with Crippen molar-refractivity contribution in [2.24, 2.45) is 0 Å². The lowest BCUT2D eigenvalue weighted by Crippen LogP contribution is -2.23. The van der Waals surface area contributed by atoms with Crippen LogP contribution in [0, 0.1) is 0 Å². The average molecular weight is 360 g/mol. The van der Waals surface area contributed by atoms with Crippen LogP contribution in [0.3, 0.4) is 0 Å². The zero-order valence-corrected chi connectivity index (χ0v) is 14.0. The standard InChI is InChI=1S/C15H22BrNO4/c1-19-8-12(18)9-21-15-13(16)5-10(6-14(15)20-2)7-17-11-3-4-11/h5-6,11-12,17-18H,3-4,7-9H2,1-2H3. The highest BCUT2D eigenvalue weighted by atomic mass is 79.9. The van der Waals surface area contributed by atoms with E-state index in [1.807, 2.05) is 12.1 Å². The number of methoxy groups -OCH3 is 2. The highest BCUT2D eigenvalue weighted by Gasteiger charge is 2.20. The molecular weight excluding hydrogens is 338 g/mol. The van der Waals surface area contributed by atoms with Crippen LogP contribution in [0.15, 0.2) is 16.6 Å². The van der Waals surface area contributed by atoms with Crippen molar-refractivity contribution >= 4 is 15.9 Å². The summed E-state index contributed by atoms with van der Waals surface area (Å²) in [5.74, 6) is 1.25. The van der Waals surface area contributed by atoms with E-state index in [2.05, 4.69) is 21.2 Å². The Hall–Kier alpha value is -0.820. The van der Waals surface area contributed by atoms with Crippen LogP contribution in [-0.2, 0) is 11.3 Å². The van der Waals surface area contributed by atoms with Gasteiger partial charge < -0.3 is 24.6 Å². The Morgan fingerprint density at radius 3 is 2.71 bits per heavy atom. The molecule has 0 amide bonds. The van der Waals surface area contributed by atoms with Crippen LogP contribution in [-0.4, -0.2) is 44.7 Å². The Kier molecular flexibility index (Phi) is 6.29. The number of benzene rings is 1. The van der Waals surface area contributed by atoms with E-state index in [9.17, 15) is 5.11 Å². The van der Waals surface area contributed by atoms with E-state index in [1.165, 1.54) is 12.8 Å². The van der Waals surface area contributed by atoms with Crippen LogP contribution in [0.5, 0.6) is 11.5 Å². The molecule has 0 aliphatic heterocycles. The van der Waals surface area contributed by atoms with Gasteiger partial charge in [0.15, 0.2) is 11.5 Å². The van der Waals surface area contributed by atoms with E-state index in [4.69, 9.17) is 14.2 Å². The molecule has 0 saturated heterocycles. The summed E-state index contributed by atoms with van der Waals surface area (Å²) < 4.78 is 16.7. The van der Waals surface area contributed by atoms with Crippen LogP contribution >= 0.6 is 15.9 Å². The van der Waals surface area contributed by atoms with E-state index in [0.717, 1.165) is 16.6 Å². The zero-order valence-electron chi connectivity index (χ0n) is 12.4. The minimum atomic E-state index is -0.664. The third-order valence-electron chi connectivity index (χ3n) is 3.24. The van der Waals surface area contributed by atoms with Crippen LogP contribution in [0.2, 0.25) is 0 Å². The fourth-order valence-corrected chi connectivity index (χ4v) is 2.59. The van der Waals surface area contributed by atoms with Gasteiger partial charge in [0.25, 0.3) is 0 Å². The smallest absolute Gasteiger partial charge is 0.175 e. The van der Waals surface area contributed by atoms with Gasteiger partial charge in [0.2, 0.25) is 0 Å². The number of aliphatic hydroxyl groups excluding tert-OH is 1. The van der Waals surface area contributed by atoms with Crippen LogP contribution in [0.4, 0.5) is 0 Å². The van der Waals surface area contributed by atoms with Crippen molar-refractivity contribution in [1.29, 1.82) is 0 Å². The molecule has 0 bridgehead atoms. The van der Waals surface area contributed by atoms with Crippen molar-refractivity contribution in [2.45, 2.75) is 31.5 Å². The quantitative estimate of drug-likeness (QED) is 0.706. The van der Waals surface area contributed by atoms with E-state index >= 15 is 0 Å². The van der Waals surface area contributed by atoms with Crippen molar-refractivity contribution in [1.82, 2.24) is 5.32 Å². The van der Waals surface area contributed by atoms with Gasteiger partial charge in [-0.1, -0.05) is 0 Å². The molecule has 2 N–H and O–H groups in total. The minimum absolute atomic E-state index is 0.155. The normalized spacial score (nSPS) is 15.8. The average Bonchev–Trinajstić information content (AvgIpc) is 3.27. The minimum Gasteiger partial charge on any atom is -0.493 e. The Bertz CT molecular complexity index is 465. The third kappa shape index (κ3) is 5.14. The number of halogens is 1. The molecule has 1 unspecified atom stereocenters. The molecule has 1 aliphatic rings. The van der Waals surface area contributed by atoms with Gasteiger partial charge in [-0.25, -0.2) is 0 Å². The first-order chi connectivity index (χ1) is 10.1. The van der Waals surface area contributed by atoms with Crippen molar-refractivity contribution in [3.63, 3.8) is 0 Å². The number of aliphatic hydroxyl groups is 1. The Morgan fingerprint density at radius 2 is 2.10 bits per heavy atom. The maximum absolute atomic E-state index is 9.66. The fraction of sp³-hybridized carbons (Fsp3) is 0.600. The topological polar surface area (TPSA) is 60.0 Å². The summed E-state index contributed by atoms with van der Waals surface area (Å²) in [6.07, 6.45) is 1.86. The third-order valence-corrected chi connectivity index (χ3v) is 3.83. The summed E-state index contributed by atoms with van der Waals surface area (Å²) in [6.45, 7) is 1.21. The van der Waals surface area contributed by atoms with Gasteiger partial charge >= 0.3 is 0 Å². The summed E-state index contributed by atoms with van der Waals surface area (Å²) in [7, 11) is 3.15. The number of hydrogen-bond donors (Lipinski definition) is 2. The Labute approximate surface area is 133 Å². The summed E-state index contributed by atoms with van der Waals surface area (Å²) in [5.41, 5.74) is 1.13. The van der Waals surface area contributed by atoms with E-state index in [0.29, 0.717) is 17.5 Å². The van der Waals surface area contributed by atoms with Crippen molar-refractivity contribution in [2.75, 3.05) is 27.4 Å². The summed E-state index contributed by atoms with van der Waals surface area (Å²) in [4.78, 5) is 0. The van der Waals surface area contributed by atoms with Gasteiger partial charge in [-0.2, -0.15) is 0 Å². The number of rotatable bonds is 9. The number of nitrogens with one attached hydrogen (secondary N) is 1. The van der Waals surface area contributed by atoms with E-state index in [1.54, 1.807) is 14.2 Å². The van der Waals surface area contributed by atoms with Gasteiger partial charge in [0, 0.05) is 19.7 Å². The molecular formula is C15H22BrNO4. The predicted octanol–water partition coefficient (Wildman–Crippen LogP) is 2.10. The molecule has 21 heavy (non-hydrogen) atoms. The van der Waals surface area contributed by atoms with Crippen LogP contribution < -0.4 is 14.8 Å². The molecule has 0 spiro atoms. The maximum atomic E-state index is 9.66. The first kappa shape index (κ1) is 16.5. The van der Waals surface area contributed by atoms with Crippen LogP contribution in [0.1, 0.15) is 18.4 Å². The lowest BCUT2D eigenvalue weighted by atomic mass is 10.2. The van der Waals surface area contributed by atoms with Gasteiger partial charge in [-0.15, -0.1) is 0 Å².